The van der Waals surface area contributed by atoms with E-state index in [1.165, 1.54) is 7.05 Å². The van der Waals surface area contributed by atoms with E-state index < -0.39 is 23.1 Å². The first-order chi connectivity index (χ1) is 11.8. The lowest BCUT2D eigenvalue weighted by molar-refractivity contribution is 0.545. The van der Waals surface area contributed by atoms with E-state index in [9.17, 15) is 13.2 Å². The smallest absolute Gasteiger partial charge is 0.195 e. The van der Waals surface area contributed by atoms with Crippen molar-refractivity contribution in [3.05, 3.63) is 57.8 Å². The predicted molar refractivity (Wildman–Crippen MR) is 96.2 cm³/mol. The van der Waals surface area contributed by atoms with Crippen LogP contribution in [-0.4, -0.2) is 26.1 Å². The second-order valence-electron chi connectivity index (χ2n) is 5.04. The molecule has 134 valence electrons. The number of hydrogen-bond acceptors (Lipinski definition) is 2. The molecule has 0 bridgehead atoms. The molecule has 0 saturated carbocycles. The maximum Gasteiger partial charge on any atom is 0.195 e. The Morgan fingerprint density at radius 2 is 1.72 bits per heavy atom. The number of halogens is 5. The summed E-state index contributed by atoms with van der Waals surface area (Å²) in [5.74, 6) is -3.28. The highest BCUT2D eigenvalue weighted by Gasteiger charge is 2.17. The number of rotatable bonds is 5. The monoisotopic (exact) mass is 390 g/mol. The summed E-state index contributed by atoms with van der Waals surface area (Å²) in [6.07, 6.45) is 0. The van der Waals surface area contributed by atoms with Crippen LogP contribution in [0.5, 0.6) is 0 Å². The molecule has 0 unspecified atom stereocenters. The van der Waals surface area contributed by atoms with Crippen LogP contribution >= 0.6 is 23.2 Å². The molecule has 0 aliphatic carbocycles. The van der Waals surface area contributed by atoms with Crippen molar-refractivity contribution in [3.63, 3.8) is 0 Å². The molecule has 0 fully saturated rings. The van der Waals surface area contributed by atoms with Gasteiger partial charge in [0.1, 0.15) is 11.5 Å². The molecule has 0 aliphatic heterocycles. The van der Waals surface area contributed by atoms with E-state index in [1.807, 2.05) is 0 Å². The normalized spacial score (nSPS) is 11.5. The quantitative estimate of drug-likeness (QED) is 0.455. The van der Waals surface area contributed by atoms with Crippen molar-refractivity contribution in [1.82, 2.24) is 0 Å². The van der Waals surface area contributed by atoms with E-state index >= 15 is 0 Å². The molecule has 3 N–H and O–H groups in total. The molecule has 0 heterocycles. The minimum absolute atomic E-state index is 0.128. The van der Waals surface area contributed by atoms with Gasteiger partial charge in [-0.2, -0.15) is 0 Å². The van der Waals surface area contributed by atoms with Gasteiger partial charge in [-0.15, -0.1) is 0 Å². The first-order valence-electron chi connectivity index (χ1n) is 7.17. The van der Waals surface area contributed by atoms with Gasteiger partial charge in [-0.05, 0) is 12.1 Å². The summed E-state index contributed by atoms with van der Waals surface area (Å²) in [5, 5.41) is 3.91. The van der Waals surface area contributed by atoms with Gasteiger partial charge in [-0.1, -0.05) is 29.3 Å². The van der Waals surface area contributed by atoms with Crippen LogP contribution in [-0.2, 0) is 0 Å². The van der Waals surface area contributed by atoms with Crippen molar-refractivity contribution in [2.75, 3.05) is 30.4 Å². The number of hydrogen-bond donors (Lipinski definition) is 2. The van der Waals surface area contributed by atoms with E-state index in [4.69, 9.17) is 28.9 Å². The first kappa shape index (κ1) is 19.2. The summed E-state index contributed by atoms with van der Waals surface area (Å²) in [6, 6.07) is 6.22. The van der Waals surface area contributed by atoms with E-state index in [2.05, 4.69) is 10.3 Å². The molecule has 0 amide bonds. The van der Waals surface area contributed by atoms with E-state index in [1.54, 1.807) is 18.2 Å². The zero-order valence-corrected chi connectivity index (χ0v) is 14.7. The van der Waals surface area contributed by atoms with Crippen molar-refractivity contribution in [2.24, 2.45) is 10.7 Å². The molecule has 25 heavy (non-hydrogen) atoms. The van der Waals surface area contributed by atoms with Crippen LogP contribution in [0.3, 0.4) is 0 Å². The lowest BCUT2D eigenvalue weighted by Gasteiger charge is -2.19. The molecule has 0 radical (unpaired) electrons. The van der Waals surface area contributed by atoms with Gasteiger partial charge in [0.2, 0.25) is 0 Å². The Labute approximate surface area is 153 Å². The summed E-state index contributed by atoms with van der Waals surface area (Å²) in [5.41, 5.74) is 5.81. The van der Waals surface area contributed by atoms with Crippen LogP contribution in [0.25, 0.3) is 0 Å². The predicted octanol–water partition coefficient (Wildman–Crippen LogP) is 4.27. The molecule has 0 spiro atoms. The number of aliphatic imine (C=N–C) groups is 1. The number of para-hydroxylation sites is 1. The number of nitrogens with zero attached hydrogens (tertiary/aromatic N) is 2. The third kappa shape index (κ3) is 4.70. The second kappa shape index (κ2) is 8.31. The Balaban J connectivity index is 2.02. The van der Waals surface area contributed by atoms with Gasteiger partial charge in [-0.25, -0.2) is 13.2 Å². The highest BCUT2D eigenvalue weighted by molar-refractivity contribution is 6.39. The fourth-order valence-corrected chi connectivity index (χ4v) is 2.62. The fourth-order valence-electron chi connectivity index (χ4n) is 2.09. The molecule has 0 aliphatic rings. The second-order valence-corrected chi connectivity index (χ2v) is 5.85. The van der Waals surface area contributed by atoms with Crippen LogP contribution in [0.2, 0.25) is 10.0 Å². The number of nitrogens with two attached hydrogens (primary N) is 1. The molecule has 2 rings (SSSR count). The Morgan fingerprint density at radius 1 is 1.16 bits per heavy atom. The molecule has 0 saturated heterocycles. The number of nitrogens with one attached hydrogen (secondary N) is 1. The summed E-state index contributed by atoms with van der Waals surface area (Å²) < 4.78 is 40.5. The molecule has 4 nitrogen and oxygen atoms in total. The van der Waals surface area contributed by atoms with Crippen LogP contribution in [0.1, 0.15) is 0 Å². The Kier molecular flexibility index (Phi) is 6.39. The van der Waals surface area contributed by atoms with E-state index in [0.717, 1.165) is 4.90 Å². The maximum absolute atomic E-state index is 13.7. The van der Waals surface area contributed by atoms with E-state index in [0.29, 0.717) is 34.4 Å². The largest absolute Gasteiger partial charge is 0.381 e. The zero-order valence-electron chi connectivity index (χ0n) is 13.2. The lowest BCUT2D eigenvalue weighted by atomic mass is 10.2. The van der Waals surface area contributed by atoms with Gasteiger partial charge in [0.15, 0.2) is 17.6 Å². The molecule has 9 heteroatoms. The molecular formula is C16H15Cl2F3N4. The summed E-state index contributed by atoms with van der Waals surface area (Å²) in [6.45, 7) is 0.536. The topological polar surface area (TPSA) is 53.6 Å². The molecule has 2 aromatic rings. The van der Waals surface area contributed by atoms with Gasteiger partial charge in [-0.3, -0.25) is 4.99 Å². The van der Waals surface area contributed by atoms with Crippen molar-refractivity contribution in [2.45, 2.75) is 0 Å². The molecule has 0 atom stereocenters. The van der Waals surface area contributed by atoms with E-state index in [-0.39, 0.29) is 12.5 Å². The SMILES string of the molecule is CN(C(N)=NCCNc1c(Cl)cccc1Cl)c1c(F)cc(F)cc1F. The van der Waals surface area contributed by atoms with Crippen molar-refractivity contribution in [3.8, 4) is 0 Å². The van der Waals surface area contributed by atoms with Crippen LogP contribution < -0.4 is 16.0 Å². The number of benzene rings is 2. The fraction of sp³-hybridized carbons (Fsp3) is 0.188. The Hall–Kier alpha value is -2.12. The lowest BCUT2D eigenvalue weighted by Crippen LogP contribution is -2.35. The van der Waals surface area contributed by atoms with Gasteiger partial charge in [0.25, 0.3) is 0 Å². The van der Waals surface area contributed by atoms with Gasteiger partial charge < -0.3 is 16.0 Å². The summed E-state index contributed by atoms with van der Waals surface area (Å²) in [7, 11) is 1.33. The highest BCUT2D eigenvalue weighted by Crippen LogP contribution is 2.29. The Bertz CT molecular complexity index is 756. The third-order valence-electron chi connectivity index (χ3n) is 3.31. The molecule has 2 aromatic carbocycles. The van der Waals surface area contributed by atoms with Crippen molar-refractivity contribution >= 4 is 40.5 Å². The molecule has 0 aromatic heterocycles. The summed E-state index contributed by atoms with van der Waals surface area (Å²) in [4.78, 5) is 5.03. The minimum Gasteiger partial charge on any atom is -0.381 e. The summed E-state index contributed by atoms with van der Waals surface area (Å²) >= 11 is 12.0. The number of anilines is 2. The average molecular weight is 391 g/mol. The maximum atomic E-state index is 13.7. The molecular weight excluding hydrogens is 376 g/mol. The average Bonchev–Trinajstić information content (AvgIpc) is 2.52. The van der Waals surface area contributed by atoms with Crippen LogP contribution in [0, 0.1) is 17.5 Å². The van der Waals surface area contributed by atoms with Gasteiger partial charge in [0.05, 0.1) is 22.3 Å². The van der Waals surface area contributed by atoms with Crippen molar-refractivity contribution in [1.29, 1.82) is 0 Å². The van der Waals surface area contributed by atoms with Crippen LogP contribution in [0.4, 0.5) is 24.5 Å². The highest BCUT2D eigenvalue weighted by atomic mass is 35.5. The Morgan fingerprint density at radius 3 is 2.28 bits per heavy atom. The van der Waals surface area contributed by atoms with Gasteiger partial charge >= 0.3 is 0 Å². The van der Waals surface area contributed by atoms with Crippen LogP contribution in [0.15, 0.2) is 35.3 Å². The first-order valence-corrected chi connectivity index (χ1v) is 7.93. The number of guanidine groups is 1. The van der Waals surface area contributed by atoms with Crippen molar-refractivity contribution < 1.29 is 13.2 Å². The minimum atomic E-state index is -1.07. The van der Waals surface area contributed by atoms with Gasteiger partial charge in [0, 0.05) is 25.7 Å². The zero-order chi connectivity index (χ0) is 18.6. The standard InChI is InChI=1S/C16H15Cl2F3N4/c1-25(15-12(20)7-9(19)8-13(15)21)16(22)24-6-5-23-14-10(17)3-2-4-11(14)18/h2-4,7-8,23H,5-6H2,1H3,(H2,22,24). The third-order valence-corrected chi connectivity index (χ3v) is 3.94.